The van der Waals surface area contributed by atoms with Gasteiger partial charge < -0.3 is 26.2 Å². The van der Waals surface area contributed by atoms with E-state index in [1.807, 2.05) is 38.1 Å². The molecule has 5 atom stereocenters. The number of rotatable bonds is 14. The molecule has 1 saturated heterocycles. The van der Waals surface area contributed by atoms with Crippen molar-refractivity contribution in [1.29, 1.82) is 0 Å². The van der Waals surface area contributed by atoms with Crippen molar-refractivity contribution in [3.05, 3.63) is 48.0 Å². The molecule has 5 rings (SSSR count). The molecular weight excluding hydrogens is 707 g/mol. The van der Waals surface area contributed by atoms with E-state index in [-0.39, 0.29) is 54.9 Å². The third-order valence-corrected chi connectivity index (χ3v) is 15.1. The topological polar surface area (TPSA) is 171 Å². The van der Waals surface area contributed by atoms with Crippen molar-refractivity contribution >= 4 is 39.4 Å². The van der Waals surface area contributed by atoms with Gasteiger partial charge in [0.15, 0.2) is 9.84 Å². The highest BCUT2D eigenvalue weighted by atomic mass is 32.2. The molecule has 1 aromatic rings. The highest BCUT2D eigenvalue weighted by Gasteiger charge is 2.70. The van der Waals surface area contributed by atoms with Crippen molar-refractivity contribution in [2.45, 2.75) is 121 Å². The molecule has 0 aromatic heterocycles. The zero-order chi connectivity index (χ0) is 39.6. The van der Waals surface area contributed by atoms with Gasteiger partial charge in [-0.05, 0) is 87.2 Å². The van der Waals surface area contributed by atoms with Crippen LogP contribution < -0.4 is 21.3 Å². The first-order valence-electron chi connectivity index (χ1n) is 19.2. The maximum atomic E-state index is 14.9. The Labute approximate surface area is 320 Å². The predicted molar refractivity (Wildman–Crippen MR) is 207 cm³/mol. The molecule has 4 N–H and O–H groups in total. The second-order valence-corrected chi connectivity index (χ2v) is 20.0. The van der Waals surface area contributed by atoms with Gasteiger partial charge in [0.05, 0.1) is 22.1 Å². The van der Waals surface area contributed by atoms with Crippen LogP contribution >= 0.6 is 0 Å². The number of nitrogens with zero attached hydrogens (tertiary/aromatic N) is 1. The van der Waals surface area contributed by atoms with Crippen LogP contribution in [0.2, 0.25) is 0 Å². The minimum Gasteiger partial charge on any atom is -0.346 e. The molecule has 3 aliphatic carbocycles. The van der Waals surface area contributed by atoms with Gasteiger partial charge in [0, 0.05) is 19.5 Å². The number of piperidine rings is 1. The fourth-order valence-electron chi connectivity index (χ4n) is 8.90. The van der Waals surface area contributed by atoms with Gasteiger partial charge in [0.25, 0.3) is 5.91 Å². The van der Waals surface area contributed by atoms with E-state index in [1.54, 1.807) is 20.8 Å². The number of Topliss-reactive ketones (excluding diaryl/α,β-unsaturated/α-hetero) is 1. The quantitative estimate of drug-likeness (QED) is 0.128. The number of amides is 5. The van der Waals surface area contributed by atoms with Crippen molar-refractivity contribution in [1.82, 2.24) is 26.2 Å². The third-order valence-electron chi connectivity index (χ3n) is 12.3. The van der Waals surface area contributed by atoms with Crippen molar-refractivity contribution in [2.24, 2.45) is 23.2 Å². The number of carbonyl (C=O) groups is 5. The van der Waals surface area contributed by atoms with Crippen LogP contribution in [0, 0.1) is 35.5 Å². The van der Waals surface area contributed by atoms with Gasteiger partial charge in [-0.2, -0.15) is 0 Å². The van der Waals surface area contributed by atoms with Crippen LogP contribution in [0.3, 0.4) is 0 Å². The number of benzene rings is 1. The number of hydrogen-bond donors (Lipinski definition) is 4. The summed E-state index contributed by atoms with van der Waals surface area (Å²) in [6, 6.07) is 4.09. The summed E-state index contributed by atoms with van der Waals surface area (Å²) in [4.78, 5) is 70.6. The number of sulfone groups is 1. The number of terminal acetylenes is 1. The lowest BCUT2D eigenvalue weighted by atomic mass is 9.83. The normalized spacial score (nSPS) is 23.8. The van der Waals surface area contributed by atoms with E-state index in [0.29, 0.717) is 25.7 Å². The van der Waals surface area contributed by atoms with E-state index in [2.05, 4.69) is 33.8 Å². The summed E-state index contributed by atoms with van der Waals surface area (Å²) in [6.45, 7) is 13.0. The highest BCUT2D eigenvalue weighted by molar-refractivity contribution is 7.92. The minimum atomic E-state index is -3.60. The van der Waals surface area contributed by atoms with E-state index in [0.717, 1.165) is 30.4 Å². The Morgan fingerprint density at radius 1 is 1.04 bits per heavy atom. The molecule has 13 heteroatoms. The highest BCUT2D eigenvalue weighted by Crippen LogP contribution is 2.65. The summed E-state index contributed by atoms with van der Waals surface area (Å²) in [7, 11) is -3.60. The first-order valence-corrected chi connectivity index (χ1v) is 20.9. The Balaban J connectivity index is 1.42. The number of carbonyl (C=O) groups excluding carboxylic acids is 5. The largest absolute Gasteiger partial charge is 0.346 e. The Morgan fingerprint density at radius 3 is 2.24 bits per heavy atom. The molecule has 294 valence electrons. The fourth-order valence-corrected chi connectivity index (χ4v) is 10.4. The Morgan fingerprint density at radius 2 is 1.67 bits per heavy atom. The van der Waals surface area contributed by atoms with Crippen LogP contribution in [-0.4, -0.2) is 90.1 Å². The number of likely N-dealkylation sites (tertiary alicyclic amines) is 1. The first kappa shape index (κ1) is 41.0. The molecule has 0 bridgehead atoms. The van der Waals surface area contributed by atoms with E-state index in [9.17, 15) is 32.4 Å². The van der Waals surface area contributed by atoms with Crippen LogP contribution in [-0.2, 0) is 41.9 Å². The van der Waals surface area contributed by atoms with Crippen molar-refractivity contribution < 1.29 is 32.4 Å². The lowest BCUT2D eigenvalue weighted by Gasteiger charge is -2.40. The summed E-state index contributed by atoms with van der Waals surface area (Å²) in [5.74, 6) is -0.947. The maximum absolute atomic E-state index is 14.9. The number of hydrogen-bond acceptors (Lipinski definition) is 7. The van der Waals surface area contributed by atoms with Crippen LogP contribution in [0.1, 0.15) is 90.7 Å². The van der Waals surface area contributed by atoms with Gasteiger partial charge in [0.1, 0.15) is 12.1 Å². The average Bonchev–Trinajstić information content (AvgIpc) is 3.46. The molecule has 54 heavy (non-hydrogen) atoms. The first-order chi connectivity index (χ1) is 25.4. The van der Waals surface area contributed by atoms with Crippen LogP contribution in [0.25, 0.3) is 0 Å². The molecule has 12 nitrogen and oxygen atoms in total. The molecule has 1 aliphatic heterocycles. The monoisotopic (exact) mass is 763 g/mol. The molecule has 4 aliphatic rings. The van der Waals surface area contributed by atoms with Gasteiger partial charge in [-0.15, -0.1) is 18.9 Å². The second-order valence-electron chi connectivity index (χ2n) is 17.3. The predicted octanol–water partition coefficient (Wildman–Crippen LogP) is 3.24. The van der Waals surface area contributed by atoms with Crippen molar-refractivity contribution in [2.75, 3.05) is 18.8 Å². The number of nitrogens with one attached hydrogen (secondary N) is 4. The zero-order valence-electron chi connectivity index (χ0n) is 32.3. The summed E-state index contributed by atoms with van der Waals surface area (Å²) in [5, 5.41) is 11.3. The minimum absolute atomic E-state index is 0.0105. The summed E-state index contributed by atoms with van der Waals surface area (Å²) in [6.07, 6.45) is 11.6. The van der Waals surface area contributed by atoms with Gasteiger partial charge in [-0.1, -0.05) is 63.5 Å². The summed E-state index contributed by atoms with van der Waals surface area (Å²) >= 11 is 0. The van der Waals surface area contributed by atoms with Gasteiger partial charge >= 0.3 is 6.03 Å². The third kappa shape index (κ3) is 8.54. The fraction of sp³-hybridized carbons (Fsp3) is 0.634. The van der Waals surface area contributed by atoms with Gasteiger partial charge in [-0.3, -0.25) is 19.2 Å². The molecule has 1 aromatic carbocycles. The zero-order valence-corrected chi connectivity index (χ0v) is 33.2. The van der Waals surface area contributed by atoms with E-state index in [4.69, 9.17) is 6.42 Å². The molecule has 0 spiro atoms. The van der Waals surface area contributed by atoms with Crippen LogP contribution in [0.4, 0.5) is 4.79 Å². The number of fused-ring (bicyclic) bond motifs is 2. The molecular formula is C41H57N5O7S. The Bertz CT molecular complexity index is 1780. The molecule has 3 unspecified atom stereocenters. The van der Waals surface area contributed by atoms with Crippen LogP contribution in [0.15, 0.2) is 36.9 Å². The van der Waals surface area contributed by atoms with Gasteiger partial charge in [-0.25, -0.2) is 13.2 Å². The Hall–Kier alpha value is -4.18. The second kappa shape index (κ2) is 15.9. The molecule has 5 amide bonds. The van der Waals surface area contributed by atoms with Gasteiger partial charge in [0.2, 0.25) is 17.6 Å². The van der Waals surface area contributed by atoms with E-state index >= 15 is 0 Å². The molecule has 2 saturated carbocycles. The van der Waals surface area contributed by atoms with E-state index in [1.165, 1.54) is 11.0 Å². The number of urea groups is 1. The lowest BCUT2D eigenvalue weighted by Crippen LogP contribution is -2.63. The number of ketones is 1. The summed E-state index contributed by atoms with van der Waals surface area (Å²) < 4.78 is 25.9. The lowest BCUT2D eigenvalue weighted by molar-refractivity contribution is -0.144. The standard InChI is InChI=1S/C41H57N5O7S/c1-8-10-18-30(34(47)36(49)42-21-9-2)43-35(48)33-31-29(40(31,6)7)24-46(33)37(50)32(28-22-26-16-12-13-17-27(26)23-28)44-38(51)45-41(19-14-11-15-20-41)25-54(52,53)39(3,4)5/h1,9,12-13,16-17,28-33H,2,10-11,14-15,18-25H2,3-7H3,(H,42,49)(H,43,48)(H2,44,45,51)/t29?,30?,31-,32+,33?/m1/s1. The Kier molecular flexibility index (Phi) is 12.1. The molecule has 1 heterocycles. The molecule has 0 radical (unpaired) electrons. The molecule has 3 fully saturated rings. The average molecular weight is 764 g/mol. The van der Waals surface area contributed by atoms with E-state index < -0.39 is 67.8 Å². The summed E-state index contributed by atoms with van der Waals surface area (Å²) in [5.41, 5.74) is 0.910. The van der Waals surface area contributed by atoms with Crippen molar-refractivity contribution in [3.8, 4) is 12.3 Å². The SMILES string of the molecule is C#CCCC(NC(=O)C1[C@H]2C(CN1C(=O)[C@@H](NC(=O)NC1(CS(=O)(=O)C(C)(C)C)CCCCC1)C1Cc3ccccc3C1)C2(C)C)C(=O)C(=O)NCC=C. The smallest absolute Gasteiger partial charge is 0.315 e. The van der Waals surface area contributed by atoms with Crippen molar-refractivity contribution in [3.63, 3.8) is 0 Å². The maximum Gasteiger partial charge on any atom is 0.315 e. The van der Waals surface area contributed by atoms with Crippen LogP contribution in [0.5, 0.6) is 0 Å².